The molecule has 2 aromatic rings. The third-order valence-corrected chi connectivity index (χ3v) is 3.41. The molecule has 6 heteroatoms. The first kappa shape index (κ1) is 16.4. The van der Waals surface area contributed by atoms with Crippen LogP contribution in [0.4, 0.5) is 13.2 Å². The van der Waals surface area contributed by atoms with Crippen LogP contribution in [0.5, 0.6) is 0 Å². The number of alkyl halides is 3. The molecule has 116 valence electrons. The molecule has 2 rings (SSSR count). The highest BCUT2D eigenvalue weighted by atomic mass is 35.5. The van der Waals surface area contributed by atoms with Crippen molar-refractivity contribution >= 4 is 17.5 Å². The number of amides is 1. The molecule has 0 saturated carbocycles. The molecular weight excluding hydrogens is 315 g/mol. The SMILES string of the molecule is CC(NC(=O)c1ccccc1C(F)(F)F)c1cccc(Cl)c1. The molecular formula is C16H13ClF3NO. The Hall–Kier alpha value is -2.01. The van der Waals surface area contributed by atoms with Crippen LogP contribution < -0.4 is 5.32 Å². The zero-order valence-electron chi connectivity index (χ0n) is 11.6. The van der Waals surface area contributed by atoms with Crippen LogP contribution in [-0.4, -0.2) is 5.91 Å². The molecule has 22 heavy (non-hydrogen) atoms. The fourth-order valence-electron chi connectivity index (χ4n) is 2.06. The van der Waals surface area contributed by atoms with Crippen LogP contribution in [0.15, 0.2) is 48.5 Å². The summed E-state index contributed by atoms with van der Waals surface area (Å²) >= 11 is 5.87. The van der Waals surface area contributed by atoms with E-state index in [9.17, 15) is 18.0 Å². The van der Waals surface area contributed by atoms with E-state index in [4.69, 9.17) is 11.6 Å². The fourth-order valence-corrected chi connectivity index (χ4v) is 2.26. The maximum absolute atomic E-state index is 12.9. The van der Waals surface area contributed by atoms with Gasteiger partial charge in [0.2, 0.25) is 0 Å². The Labute approximate surface area is 130 Å². The predicted octanol–water partition coefficient (Wildman–Crippen LogP) is 4.85. The van der Waals surface area contributed by atoms with E-state index >= 15 is 0 Å². The summed E-state index contributed by atoms with van der Waals surface area (Å²) in [7, 11) is 0. The van der Waals surface area contributed by atoms with Crippen LogP contribution in [0.25, 0.3) is 0 Å². The van der Waals surface area contributed by atoms with E-state index in [2.05, 4.69) is 5.32 Å². The van der Waals surface area contributed by atoms with Crippen LogP contribution in [0.3, 0.4) is 0 Å². The molecule has 0 aliphatic heterocycles. The highest BCUT2D eigenvalue weighted by molar-refractivity contribution is 6.30. The third-order valence-electron chi connectivity index (χ3n) is 3.17. The topological polar surface area (TPSA) is 29.1 Å². The minimum Gasteiger partial charge on any atom is -0.346 e. The Morgan fingerprint density at radius 2 is 1.82 bits per heavy atom. The van der Waals surface area contributed by atoms with Crippen molar-refractivity contribution in [2.24, 2.45) is 0 Å². The van der Waals surface area contributed by atoms with E-state index < -0.39 is 29.3 Å². The normalized spacial score (nSPS) is 12.8. The molecule has 1 amide bonds. The van der Waals surface area contributed by atoms with Crippen LogP contribution in [0, 0.1) is 0 Å². The molecule has 0 aliphatic carbocycles. The molecule has 0 aromatic heterocycles. The number of nitrogens with one attached hydrogen (secondary N) is 1. The molecule has 0 fully saturated rings. The smallest absolute Gasteiger partial charge is 0.346 e. The van der Waals surface area contributed by atoms with Gasteiger partial charge < -0.3 is 5.32 Å². The maximum Gasteiger partial charge on any atom is 0.417 e. The predicted molar refractivity (Wildman–Crippen MR) is 78.8 cm³/mol. The van der Waals surface area contributed by atoms with Gasteiger partial charge in [-0.3, -0.25) is 4.79 Å². The monoisotopic (exact) mass is 327 g/mol. The van der Waals surface area contributed by atoms with E-state index in [1.54, 1.807) is 31.2 Å². The molecule has 1 N–H and O–H groups in total. The third kappa shape index (κ3) is 3.80. The molecule has 0 aliphatic rings. The van der Waals surface area contributed by atoms with E-state index in [1.165, 1.54) is 12.1 Å². The van der Waals surface area contributed by atoms with Gasteiger partial charge in [-0.25, -0.2) is 0 Å². The molecule has 1 unspecified atom stereocenters. The zero-order valence-corrected chi connectivity index (χ0v) is 12.4. The second kappa shape index (κ2) is 6.40. The van der Waals surface area contributed by atoms with Gasteiger partial charge in [-0.05, 0) is 36.8 Å². The molecule has 0 spiro atoms. The van der Waals surface area contributed by atoms with E-state index in [1.807, 2.05) is 0 Å². The van der Waals surface area contributed by atoms with Gasteiger partial charge >= 0.3 is 6.18 Å². The van der Waals surface area contributed by atoms with Crippen molar-refractivity contribution in [1.29, 1.82) is 0 Å². The molecule has 0 bridgehead atoms. The lowest BCUT2D eigenvalue weighted by Crippen LogP contribution is -2.28. The van der Waals surface area contributed by atoms with Crippen LogP contribution in [0.2, 0.25) is 5.02 Å². The summed E-state index contributed by atoms with van der Waals surface area (Å²) in [5.41, 5.74) is -0.639. The summed E-state index contributed by atoms with van der Waals surface area (Å²) in [6.45, 7) is 1.68. The first-order valence-corrected chi connectivity index (χ1v) is 6.89. The molecule has 2 nitrogen and oxygen atoms in total. The number of hydrogen-bond donors (Lipinski definition) is 1. The molecule has 2 aromatic carbocycles. The second-order valence-corrected chi connectivity index (χ2v) is 5.23. The Morgan fingerprint density at radius 1 is 1.14 bits per heavy atom. The van der Waals surface area contributed by atoms with Gasteiger partial charge in [0.25, 0.3) is 5.91 Å². The lowest BCUT2D eigenvalue weighted by Gasteiger charge is -2.17. The van der Waals surface area contributed by atoms with Crippen LogP contribution in [-0.2, 0) is 6.18 Å². The minimum atomic E-state index is -4.58. The van der Waals surface area contributed by atoms with Gasteiger partial charge in [0, 0.05) is 5.02 Å². The first-order chi connectivity index (χ1) is 10.3. The lowest BCUT2D eigenvalue weighted by molar-refractivity contribution is -0.137. The van der Waals surface area contributed by atoms with Crippen molar-refractivity contribution < 1.29 is 18.0 Å². The van der Waals surface area contributed by atoms with Crippen molar-refractivity contribution in [3.63, 3.8) is 0 Å². The van der Waals surface area contributed by atoms with Crippen molar-refractivity contribution in [1.82, 2.24) is 5.32 Å². The Balaban J connectivity index is 2.23. The number of rotatable bonds is 3. The number of carbonyl (C=O) groups excluding carboxylic acids is 1. The summed E-state index contributed by atoms with van der Waals surface area (Å²) < 4.78 is 38.8. The van der Waals surface area contributed by atoms with E-state index in [0.717, 1.165) is 12.1 Å². The summed E-state index contributed by atoms with van der Waals surface area (Å²) in [5, 5.41) is 3.05. The highest BCUT2D eigenvalue weighted by Crippen LogP contribution is 2.32. The summed E-state index contributed by atoms with van der Waals surface area (Å²) in [6, 6.07) is 11.0. The highest BCUT2D eigenvalue weighted by Gasteiger charge is 2.35. The van der Waals surface area contributed by atoms with Crippen LogP contribution in [0.1, 0.15) is 34.5 Å². The van der Waals surface area contributed by atoms with Gasteiger partial charge in [-0.1, -0.05) is 35.9 Å². The van der Waals surface area contributed by atoms with Gasteiger partial charge in [0.1, 0.15) is 0 Å². The van der Waals surface area contributed by atoms with Gasteiger partial charge in [-0.15, -0.1) is 0 Å². The Morgan fingerprint density at radius 3 is 2.45 bits per heavy atom. The molecule has 0 saturated heterocycles. The standard InChI is InChI=1S/C16H13ClF3NO/c1-10(11-5-4-6-12(17)9-11)21-15(22)13-7-2-3-8-14(13)16(18,19)20/h2-10H,1H3,(H,21,22). The largest absolute Gasteiger partial charge is 0.417 e. The van der Waals surface area contributed by atoms with Crippen molar-refractivity contribution in [3.05, 3.63) is 70.2 Å². The van der Waals surface area contributed by atoms with E-state index in [0.29, 0.717) is 10.6 Å². The minimum absolute atomic E-state index is 0.399. The molecule has 1 atom stereocenters. The number of hydrogen-bond acceptors (Lipinski definition) is 1. The van der Waals surface area contributed by atoms with Gasteiger partial charge in [0.05, 0.1) is 17.2 Å². The summed E-state index contributed by atoms with van der Waals surface area (Å²) in [5.74, 6) is -0.777. The lowest BCUT2D eigenvalue weighted by atomic mass is 10.0. The van der Waals surface area contributed by atoms with Crippen molar-refractivity contribution in [2.45, 2.75) is 19.1 Å². The number of halogens is 4. The second-order valence-electron chi connectivity index (χ2n) is 4.79. The van der Waals surface area contributed by atoms with Gasteiger partial charge in [0.15, 0.2) is 0 Å². The van der Waals surface area contributed by atoms with Crippen molar-refractivity contribution in [3.8, 4) is 0 Å². The average molecular weight is 328 g/mol. The number of benzene rings is 2. The molecule has 0 heterocycles. The number of carbonyl (C=O) groups is 1. The average Bonchev–Trinajstić information content (AvgIpc) is 2.46. The molecule has 0 radical (unpaired) electrons. The first-order valence-electron chi connectivity index (χ1n) is 6.51. The van der Waals surface area contributed by atoms with Crippen LogP contribution >= 0.6 is 11.6 Å². The Bertz CT molecular complexity index is 685. The zero-order chi connectivity index (χ0) is 16.3. The van der Waals surface area contributed by atoms with Crippen molar-refractivity contribution in [2.75, 3.05) is 0 Å². The fraction of sp³-hybridized carbons (Fsp3) is 0.188. The summed E-state index contributed by atoms with van der Waals surface area (Å²) in [6.07, 6.45) is -4.58. The maximum atomic E-state index is 12.9. The summed E-state index contributed by atoms with van der Waals surface area (Å²) in [4.78, 5) is 12.1. The van der Waals surface area contributed by atoms with E-state index in [-0.39, 0.29) is 0 Å². The quantitative estimate of drug-likeness (QED) is 0.858. The van der Waals surface area contributed by atoms with Gasteiger partial charge in [-0.2, -0.15) is 13.2 Å². The Kier molecular flexibility index (Phi) is 4.76.